The third-order valence-electron chi connectivity index (χ3n) is 5.08. The third-order valence-corrected chi connectivity index (χ3v) is 5.08. The molecule has 0 spiro atoms. The first-order valence-corrected chi connectivity index (χ1v) is 10.3. The molecular formula is C22H34IN5O. The SMILES string of the molecule is CCNC(=NCC(C)Cn1cccn1)N1CCOC(c2ccc(C)cc2C)C1.I. The van der Waals surface area contributed by atoms with Gasteiger partial charge in [-0.2, -0.15) is 5.10 Å². The molecule has 2 aromatic rings. The molecule has 0 radical (unpaired) electrons. The highest BCUT2D eigenvalue weighted by atomic mass is 127. The van der Waals surface area contributed by atoms with Crippen molar-refractivity contribution in [2.75, 3.05) is 32.8 Å². The minimum atomic E-state index is 0. The Kier molecular flexibility index (Phi) is 9.42. The van der Waals surface area contributed by atoms with E-state index in [0.29, 0.717) is 12.5 Å². The van der Waals surface area contributed by atoms with Crippen LogP contribution in [0.5, 0.6) is 0 Å². The van der Waals surface area contributed by atoms with Crippen LogP contribution in [0.4, 0.5) is 0 Å². The Hall–Kier alpha value is -1.61. The largest absolute Gasteiger partial charge is 0.370 e. The number of ether oxygens (including phenoxy) is 1. The van der Waals surface area contributed by atoms with Crippen LogP contribution in [0.15, 0.2) is 41.7 Å². The molecule has 0 aliphatic carbocycles. The number of halogens is 1. The van der Waals surface area contributed by atoms with Crippen molar-refractivity contribution in [2.45, 2.75) is 40.3 Å². The molecule has 1 aliphatic rings. The van der Waals surface area contributed by atoms with E-state index in [1.165, 1.54) is 16.7 Å². The summed E-state index contributed by atoms with van der Waals surface area (Å²) in [6.07, 6.45) is 3.91. The third kappa shape index (κ3) is 6.70. The predicted octanol–water partition coefficient (Wildman–Crippen LogP) is 3.79. The van der Waals surface area contributed by atoms with E-state index >= 15 is 0 Å². The van der Waals surface area contributed by atoms with Gasteiger partial charge in [0.05, 0.1) is 13.2 Å². The molecule has 2 unspecified atom stereocenters. The van der Waals surface area contributed by atoms with Crippen LogP contribution in [0.2, 0.25) is 0 Å². The van der Waals surface area contributed by atoms with Gasteiger partial charge in [-0.15, -0.1) is 24.0 Å². The molecule has 6 nitrogen and oxygen atoms in total. The molecule has 1 aliphatic heterocycles. The summed E-state index contributed by atoms with van der Waals surface area (Å²) in [5, 5.41) is 7.75. The van der Waals surface area contributed by atoms with Gasteiger partial charge in [-0.25, -0.2) is 0 Å². The molecule has 29 heavy (non-hydrogen) atoms. The fourth-order valence-corrected chi connectivity index (χ4v) is 3.67. The van der Waals surface area contributed by atoms with Gasteiger partial charge < -0.3 is 15.0 Å². The van der Waals surface area contributed by atoms with E-state index in [4.69, 9.17) is 9.73 Å². The van der Waals surface area contributed by atoms with Gasteiger partial charge in [0, 0.05) is 38.6 Å². The zero-order valence-corrected chi connectivity index (χ0v) is 20.3. The molecule has 0 bridgehead atoms. The number of nitrogens with zero attached hydrogens (tertiary/aromatic N) is 4. The summed E-state index contributed by atoms with van der Waals surface area (Å²) < 4.78 is 8.07. The molecule has 0 saturated carbocycles. The van der Waals surface area contributed by atoms with Gasteiger partial charge in [-0.1, -0.05) is 30.7 Å². The number of guanidine groups is 1. The Labute approximate surface area is 191 Å². The van der Waals surface area contributed by atoms with Crippen molar-refractivity contribution in [2.24, 2.45) is 10.9 Å². The lowest BCUT2D eigenvalue weighted by Crippen LogP contribution is -2.48. The number of aryl methyl sites for hydroxylation is 2. The van der Waals surface area contributed by atoms with E-state index in [0.717, 1.165) is 38.7 Å². The first kappa shape index (κ1) is 23.7. The summed E-state index contributed by atoms with van der Waals surface area (Å²) in [6, 6.07) is 8.56. The molecule has 7 heteroatoms. The molecule has 1 aromatic heterocycles. The standard InChI is InChI=1S/C22H33N5O.HI/c1-5-23-22(24-14-18(3)15-27-10-6-9-25-27)26-11-12-28-21(16-26)20-8-7-17(2)13-19(20)4;/h6-10,13,18,21H,5,11-12,14-16H2,1-4H3,(H,23,24);1H. The first-order valence-electron chi connectivity index (χ1n) is 10.3. The van der Waals surface area contributed by atoms with E-state index in [-0.39, 0.29) is 30.1 Å². The van der Waals surface area contributed by atoms with Gasteiger partial charge in [0.2, 0.25) is 0 Å². The lowest BCUT2D eigenvalue weighted by molar-refractivity contribution is -0.00835. The van der Waals surface area contributed by atoms with Crippen LogP contribution in [0, 0.1) is 19.8 Å². The second kappa shape index (κ2) is 11.5. The number of aliphatic imine (C=N–C) groups is 1. The van der Waals surface area contributed by atoms with Crippen LogP contribution in [0.1, 0.15) is 36.6 Å². The molecule has 1 saturated heterocycles. The number of aromatic nitrogens is 2. The zero-order chi connectivity index (χ0) is 19.9. The monoisotopic (exact) mass is 511 g/mol. The maximum absolute atomic E-state index is 6.10. The van der Waals surface area contributed by atoms with Crippen molar-refractivity contribution in [3.63, 3.8) is 0 Å². The molecule has 2 atom stereocenters. The Bertz CT molecular complexity index is 778. The summed E-state index contributed by atoms with van der Waals surface area (Å²) in [7, 11) is 0. The number of rotatable bonds is 6. The summed E-state index contributed by atoms with van der Waals surface area (Å²) in [4.78, 5) is 7.25. The van der Waals surface area contributed by atoms with Gasteiger partial charge in [-0.3, -0.25) is 9.67 Å². The van der Waals surface area contributed by atoms with Crippen LogP contribution >= 0.6 is 24.0 Å². The average molecular weight is 511 g/mol. The van der Waals surface area contributed by atoms with E-state index < -0.39 is 0 Å². The summed E-state index contributed by atoms with van der Waals surface area (Å²) in [5.74, 6) is 1.40. The fraction of sp³-hybridized carbons (Fsp3) is 0.545. The van der Waals surface area contributed by atoms with Crippen LogP contribution in [0.25, 0.3) is 0 Å². The maximum atomic E-state index is 6.10. The lowest BCUT2D eigenvalue weighted by Gasteiger charge is -2.36. The number of nitrogens with one attached hydrogen (secondary N) is 1. The number of hydrogen-bond donors (Lipinski definition) is 1. The minimum Gasteiger partial charge on any atom is -0.370 e. The fourth-order valence-electron chi connectivity index (χ4n) is 3.67. The topological polar surface area (TPSA) is 54.7 Å². The summed E-state index contributed by atoms with van der Waals surface area (Å²) in [5.41, 5.74) is 3.86. The first-order chi connectivity index (χ1) is 13.6. The van der Waals surface area contributed by atoms with Crippen molar-refractivity contribution in [3.8, 4) is 0 Å². The van der Waals surface area contributed by atoms with Crippen LogP contribution in [-0.4, -0.2) is 53.4 Å². The highest BCUT2D eigenvalue weighted by molar-refractivity contribution is 14.0. The second-order valence-corrected chi connectivity index (χ2v) is 7.69. The molecule has 160 valence electrons. The van der Waals surface area contributed by atoms with Crippen LogP contribution in [0.3, 0.4) is 0 Å². The van der Waals surface area contributed by atoms with E-state index in [1.54, 1.807) is 0 Å². The van der Waals surface area contributed by atoms with Crippen molar-refractivity contribution >= 4 is 29.9 Å². The van der Waals surface area contributed by atoms with Crippen molar-refractivity contribution in [1.29, 1.82) is 0 Å². The van der Waals surface area contributed by atoms with E-state index in [1.807, 2.05) is 23.1 Å². The van der Waals surface area contributed by atoms with Crippen LogP contribution < -0.4 is 5.32 Å². The van der Waals surface area contributed by atoms with E-state index in [2.05, 4.69) is 61.2 Å². The Morgan fingerprint density at radius 3 is 2.90 bits per heavy atom. The number of benzene rings is 1. The van der Waals surface area contributed by atoms with Gasteiger partial charge in [0.25, 0.3) is 0 Å². The van der Waals surface area contributed by atoms with Crippen molar-refractivity contribution in [3.05, 3.63) is 53.3 Å². The molecule has 2 heterocycles. The summed E-state index contributed by atoms with van der Waals surface area (Å²) in [6.45, 7) is 13.5. The highest BCUT2D eigenvalue weighted by Crippen LogP contribution is 2.26. The Balaban J connectivity index is 0.00000300. The predicted molar refractivity (Wildman–Crippen MR) is 129 cm³/mol. The Morgan fingerprint density at radius 2 is 2.21 bits per heavy atom. The molecule has 0 amide bonds. The maximum Gasteiger partial charge on any atom is 0.194 e. The molecule has 1 N–H and O–H groups in total. The highest BCUT2D eigenvalue weighted by Gasteiger charge is 2.25. The van der Waals surface area contributed by atoms with Crippen LogP contribution in [-0.2, 0) is 11.3 Å². The quantitative estimate of drug-likeness (QED) is 0.365. The number of morpholine rings is 1. The average Bonchev–Trinajstić information content (AvgIpc) is 3.18. The van der Waals surface area contributed by atoms with Crippen molar-refractivity contribution < 1.29 is 4.74 Å². The number of hydrogen-bond acceptors (Lipinski definition) is 3. The van der Waals surface area contributed by atoms with Gasteiger partial charge >= 0.3 is 0 Å². The smallest absolute Gasteiger partial charge is 0.194 e. The summed E-state index contributed by atoms with van der Waals surface area (Å²) >= 11 is 0. The van der Waals surface area contributed by atoms with Gasteiger partial charge in [-0.05, 0) is 43.9 Å². The minimum absolute atomic E-state index is 0. The molecule has 1 fully saturated rings. The second-order valence-electron chi connectivity index (χ2n) is 7.69. The van der Waals surface area contributed by atoms with Gasteiger partial charge in [0.1, 0.15) is 6.10 Å². The molecule has 1 aromatic carbocycles. The van der Waals surface area contributed by atoms with Crippen molar-refractivity contribution in [1.82, 2.24) is 20.0 Å². The molecule has 3 rings (SSSR count). The normalized spacial score (nSPS) is 18.3. The van der Waals surface area contributed by atoms with Gasteiger partial charge in [0.15, 0.2) is 5.96 Å². The molecular weight excluding hydrogens is 477 g/mol. The zero-order valence-electron chi connectivity index (χ0n) is 18.0. The van der Waals surface area contributed by atoms with E-state index in [9.17, 15) is 0 Å². The Morgan fingerprint density at radius 1 is 1.38 bits per heavy atom. The lowest BCUT2D eigenvalue weighted by atomic mass is 10.00.